The normalized spacial score (nSPS) is 12.6. The van der Waals surface area contributed by atoms with Crippen LogP contribution >= 0.6 is 0 Å². The molecule has 1 aromatic rings. The van der Waals surface area contributed by atoms with E-state index in [2.05, 4.69) is 24.1 Å². The number of carbonyl (C=O) groups excluding carboxylic acids is 1. The van der Waals surface area contributed by atoms with Gasteiger partial charge >= 0.3 is 5.97 Å². The second-order valence-corrected chi connectivity index (χ2v) is 4.88. The molecule has 0 saturated carbocycles. The van der Waals surface area contributed by atoms with Crippen molar-refractivity contribution in [3.63, 3.8) is 0 Å². The lowest BCUT2D eigenvalue weighted by atomic mass is 10.0. The van der Waals surface area contributed by atoms with Gasteiger partial charge in [0.2, 0.25) is 0 Å². The average Bonchev–Trinajstić information content (AvgIpc) is 2.42. The highest BCUT2D eigenvalue weighted by atomic mass is 16.4. The first-order chi connectivity index (χ1) is 9.43. The predicted octanol–water partition coefficient (Wildman–Crippen LogP) is 2.34. The van der Waals surface area contributed by atoms with E-state index in [-0.39, 0.29) is 11.9 Å². The number of carbonyl (C=O) groups is 2. The minimum Gasteiger partial charge on any atom is -0.478 e. The Balaban J connectivity index is 2.73. The van der Waals surface area contributed by atoms with Crippen molar-refractivity contribution in [1.29, 1.82) is 0 Å². The van der Waals surface area contributed by atoms with Crippen LogP contribution in [0.2, 0.25) is 0 Å². The van der Waals surface area contributed by atoms with Gasteiger partial charge < -0.3 is 10.4 Å². The van der Waals surface area contributed by atoms with Gasteiger partial charge in [-0.25, -0.2) is 4.79 Å². The Hall–Kier alpha value is -2.17. The molecule has 1 unspecified atom stereocenters. The number of hydrogen-bond donors (Lipinski definition) is 2. The van der Waals surface area contributed by atoms with E-state index in [1.165, 1.54) is 12.3 Å². The number of hydrogen-bond acceptors (Lipinski definition) is 3. The lowest BCUT2D eigenvalue weighted by Crippen LogP contribution is -2.38. The summed E-state index contributed by atoms with van der Waals surface area (Å²) in [6.07, 6.45) is 4.80. The summed E-state index contributed by atoms with van der Waals surface area (Å²) in [4.78, 5) is 26.5. The molecule has 0 aliphatic heterocycles. The van der Waals surface area contributed by atoms with Crippen molar-refractivity contribution in [2.45, 2.75) is 33.2 Å². The van der Waals surface area contributed by atoms with Gasteiger partial charge in [0.25, 0.3) is 5.91 Å². The fourth-order valence-corrected chi connectivity index (χ4v) is 1.79. The molecule has 1 amide bonds. The molecule has 1 heterocycles. The quantitative estimate of drug-likeness (QED) is 0.782. The first-order valence-electron chi connectivity index (χ1n) is 6.62. The Labute approximate surface area is 118 Å². The van der Waals surface area contributed by atoms with Crippen LogP contribution in [0.1, 0.15) is 43.2 Å². The molecule has 0 aromatic carbocycles. The Morgan fingerprint density at radius 1 is 1.40 bits per heavy atom. The summed E-state index contributed by atoms with van der Waals surface area (Å²) in [5, 5.41) is 11.5. The Bertz CT molecular complexity index is 492. The smallest absolute Gasteiger partial charge is 0.328 e. The largest absolute Gasteiger partial charge is 0.478 e. The molecule has 0 saturated heterocycles. The van der Waals surface area contributed by atoms with Crippen molar-refractivity contribution in [3.05, 3.63) is 35.7 Å². The molecule has 1 aromatic heterocycles. The summed E-state index contributed by atoms with van der Waals surface area (Å²) in [6, 6.07) is 3.37. The zero-order chi connectivity index (χ0) is 15.1. The number of aliphatic carboxylic acids is 1. The molecule has 1 rings (SSSR count). The maximum atomic E-state index is 12.0. The molecule has 0 spiro atoms. The highest BCUT2D eigenvalue weighted by molar-refractivity contribution is 5.92. The molecule has 0 radical (unpaired) electrons. The number of carboxylic acid groups (broad SMARTS) is 1. The van der Waals surface area contributed by atoms with Crippen LogP contribution in [0, 0.1) is 5.92 Å². The number of nitrogens with zero attached hydrogens (tertiary/aromatic N) is 1. The molecule has 2 N–H and O–H groups in total. The monoisotopic (exact) mass is 276 g/mol. The number of amides is 1. The van der Waals surface area contributed by atoms with E-state index in [1.807, 2.05) is 6.92 Å². The number of aromatic nitrogens is 1. The number of pyridine rings is 1. The minimum atomic E-state index is -1.02. The van der Waals surface area contributed by atoms with Crippen LogP contribution in [0.4, 0.5) is 0 Å². The molecular weight excluding hydrogens is 256 g/mol. The number of carboxylic acids is 1. The molecule has 20 heavy (non-hydrogen) atoms. The second kappa shape index (κ2) is 7.43. The van der Waals surface area contributed by atoms with Crippen LogP contribution in [0.25, 0.3) is 6.08 Å². The molecule has 0 fully saturated rings. The van der Waals surface area contributed by atoms with E-state index in [0.717, 1.165) is 12.5 Å². The van der Waals surface area contributed by atoms with Gasteiger partial charge in [-0.15, -0.1) is 0 Å². The van der Waals surface area contributed by atoms with Crippen molar-refractivity contribution < 1.29 is 14.7 Å². The minimum absolute atomic E-state index is 0.121. The fourth-order valence-electron chi connectivity index (χ4n) is 1.79. The third kappa shape index (κ3) is 4.84. The topological polar surface area (TPSA) is 79.3 Å². The van der Waals surface area contributed by atoms with Crippen molar-refractivity contribution in [3.8, 4) is 0 Å². The van der Waals surface area contributed by atoms with Gasteiger partial charge in [0.05, 0.1) is 0 Å². The predicted molar refractivity (Wildman–Crippen MR) is 77.3 cm³/mol. The summed E-state index contributed by atoms with van der Waals surface area (Å²) in [7, 11) is 0. The van der Waals surface area contributed by atoms with E-state index in [9.17, 15) is 9.59 Å². The highest BCUT2D eigenvalue weighted by Gasteiger charge is 2.15. The Morgan fingerprint density at radius 3 is 2.55 bits per heavy atom. The van der Waals surface area contributed by atoms with Crippen molar-refractivity contribution in [2.75, 3.05) is 0 Å². The van der Waals surface area contributed by atoms with Gasteiger partial charge in [0.1, 0.15) is 5.69 Å². The first-order valence-corrected chi connectivity index (χ1v) is 6.62. The SMILES string of the molecule is CCC(NC(=O)c1ccc(C=CC(=O)O)cn1)C(C)C. The zero-order valence-electron chi connectivity index (χ0n) is 12.0. The molecular formula is C15H20N2O3. The first kappa shape index (κ1) is 15.9. The van der Waals surface area contributed by atoms with Gasteiger partial charge in [-0.2, -0.15) is 0 Å². The molecule has 5 heteroatoms. The molecule has 5 nitrogen and oxygen atoms in total. The van der Waals surface area contributed by atoms with Crippen molar-refractivity contribution in [1.82, 2.24) is 10.3 Å². The highest BCUT2D eigenvalue weighted by Crippen LogP contribution is 2.08. The lowest BCUT2D eigenvalue weighted by molar-refractivity contribution is -0.131. The molecule has 0 aliphatic rings. The van der Waals surface area contributed by atoms with Crippen LogP contribution in [0.5, 0.6) is 0 Å². The van der Waals surface area contributed by atoms with Crippen LogP contribution in [-0.4, -0.2) is 28.0 Å². The third-order valence-electron chi connectivity index (χ3n) is 3.00. The van der Waals surface area contributed by atoms with Crippen molar-refractivity contribution >= 4 is 18.0 Å². The van der Waals surface area contributed by atoms with Gasteiger partial charge in [-0.05, 0) is 30.0 Å². The maximum absolute atomic E-state index is 12.0. The third-order valence-corrected chi connectivity index (χ3v) is 3.00. The van der Waals surface area contributed by atoms with E-state index in [0.29, 0.717) is 17.2 Å². The van der Waals surface area contributed by atoms with E-state index >= 15 is 0 Å². The fraction of sp³-hybridized carbons (Fsp3) is 0.400. The standard InChI is InChI=1S/C15H20N2O3/c1-4-12(10(2)3)17-15(20)13-7-5-11(9-16-13)6-8-14(18)19/h5-10,12H,4H2,1-3H3,(H,17,20)(H,18,19). The van der Waals surface area contributed by atoms with E-state index in [1.54, 1.807) is 12.1 Å². The summed E-state index contributed by atoms with van der Waals surface area (Å²) in [5.41, 5.74) is 0.969. The van der Waals surface area contributed by atoms with Crippen LogP contribution < -0.4 is 5.32 Å². The molecule has 1 atom stereocenters. The number of nitrogens with one attached hydrogen (secondary N) is 1. The van der Waals surface area contributed by atoms with Crippen molar-refractivity contribution in [2.24, 2.45) is 5.92 Å². The van der Waals surface area contributed by atoms with Gasteiger partial charge in [-0.3, -0.25) is 9.78 Å². The maximum Gasteiger partial charge on any atom is 0.328 e. The lowest BCUT2D eigenvalue weighted by Gasteiger charge is -2.20. The van der Waals surface area contributed by atoms with Gasteiger partial charge in [-0.1, -0.05) is 26.8 Å². The van der Waals surface area contributed by atoms with Crippen LogP contribution in [0.15, 0.2) is 24.4 Å². The molecule has 108 valence electrons. The molecule has 0 aliphatic carbocycles. The Morgan fingerprint density at radius 2 is 2.10 bits per heavy atom. The van der Waals surface area contributed by atoms with Crippen LogP contribution in [-0.2, 0) is 4.79 Å². The van der Waals surface area contributed by atoms with Crippen LogP contribution in [0.3, 0.4) is 0 Å². The number of rotatable bonds is 6. The average molecular weight is 276 g/mol. The second-order valence-electron chi connectivity index (χ2n) is 4.88. The zero-order valence-corrected chi connectivity index (χ0v) is 12.0. The Kier molecular flexibility index (Phi) is 5.90. The van der Waals surface area contributed by atoms with Gasteiger partial charge in [0.15, 0.2) is 0 Å². The van der Waals surface area contributed by atoms with E-state index < -0.39 is 5.97 Å². The summed E-state index contributed by atoms with van der Waals surface area (Å²) < 4.78 is 0. The molecule has 0 bridgehead atoms. The summed E-state index contributed by atoms with van der Waals surface area (Å²) in [5.74, 6) is -0.865. The summed E-state index contributed by atoms with van der Waals surface area (Å²) in [6.45, 7) is 6.14. The summed E-state index contributed by atoms with van der Waals surface area (Å²) >= 11 is 0. The van der Waals surface area contributed by atoms with E-state index in [4.69, 9.17) is 5.11 Å². The van der Waals surface area contributed by atoms with Gasteiger partial charge in [0, 0.05) is 18.3 Å².